The van der Waals surface area contributed by atoms with Gasteiger partial charge in [0.2, 0.25) is 0 Å². The van der Waals surface area contributed by atoms with Crippen LogP contribution in [0.25, 0.3) is 27.9 Å². The Kier molecular flexibility index (Phi) is 5.33. The Morgan fingerprint density at radius 3 is 2.96 bits per heavy atom. The summed E-state index contributed by atoms with van der Waals surface area (Å²) in [6, 6.07) is 6.84. The van der Waals surface area contributed by atoms with E-state index in [0.717, 1.165) is 23.0 Å². The van der Waals surface area contributed by atoms with Crippen molar-refractivity contribution < 1.29 is 5.11 Å². The largest absolute Gasteiger partial charge is 0.396 e. The fraction of sp³-hybridized carbons (Fsp3) is 0.455. The van der Waals surface area contributed by atoms with Crippen LogP contribution in [-0.2, 0) is 13.0 Å². The van der Waals surface area contributed by atoms with E-state index in [4.69, 9.17) is 0 Å². The summed E-state index contributed by atoms with van der Waals surface area (Å²) in [5, 5.41) is 18.2. The molecule has 0 bridgehead atoms. The van der Waals surface area contributed by atoms with Crippen LogP contribution < -0.4 is 5.56 Å². The van der Waals surface area contributed by atoms with Gasteiger partial charge in [0, 0.05) is 37.5 Å². The maximum atomic E-state index is 13.0. The van der Waals surface area contributed by atoms with Crippen molar-refractivity contribution in [3.05, 3.63) is 45.9 Å². The molecule has 3 heterocycles. The molecular formula is C22H28N4O2. The summed E-state index contributed by atoms with van der Waals surface area (Å²) in [6.07, 6.45) is 7.34. The first-order valence-electron chi connectivity index (χ1n) is 10.2. The van der Waals surface area contributed by atoms with Gasteiger partial charge in [0.05, 0.1) is 16.6 Å². The van der Waals surface area contributed by atoms with Gasteiger partial charge in [-0.05, 0) is 50.9 Å². The number of aliphatic hydroxyl groups is 1. The van der Waals surface area contributed by atoms with Crippen molar-refractivity contribution >= 4 is 27.9 Å². The molecule has 6 heteroatoms. The number of nitrogens with one attached hydrogen (secondary N) is 1. The van der Waals surface area contributed by atoms with Crippen molar-refractivity contribution in [3.63, 3.8) is 0 Å². The molecule has 148 valence electrons. The number of aliphatic hydroxyl groups excluding tert-OH is 1. The van der Waals surface area contributed by atoms with E-state index < -0.39 is 0 Å². The molecule has 0 unspecified atom stereocenters. The first-order chi connectivity index (χ1) is 13.6. The number of aromatic nitrogens is 3. The lowest BCUT2D eigenvalue weighted by atomic mass is 10.1. The summed E-state index contributed by atoms with van der Waals surface area (Å²) in [6.45, 7) is 6.98. The highest BCUT2D eigenvalue weighted by molar-refractivity contribution is 6.04. The Balaban J connectivity index is 1.76. The van der Waals surface area contributed by atoms with Gasteiger partial charge in [0.15, 0.2) is 0 Å². The molecule has 3 aromatic rings. The highest BCUT2D eigenvalue weighted by atomic mass is 16.3. The number of aryl methyl sites for hydroxylation is 1. The minimum absolute atomic E-state index is 0.0153. The maximum absolute atomic E-state index is 13.0. The van der Waals surface area contributed by atoms with Gasteiger partial charge in [-0.3, -0.25) is 14.8 Å². The topological polar surface area (TPSA) is 74.1 Å². The van der Waals surface area contributed by atoms with Crippen molar-refractivity contribution in [2.75, 3.05) is 19.7 Å². The average molecular weight is 380 g/mol. The lowest BCUT2D eigenvalue weighted by molar-refractivity contribution is 0.298. The number of aromatic amines is 1. The SMILES string of the molecule is CCn1c(=O)c2c(CCO)[nH]nc2c2cc(/C=C/CN3CCC[C@@H]3C)ccc21. The van der Waals surface area contributed by atoms with Crippen LogP contribution in [-0.4, -0.2) is 50.5 Å². The number of fused-ring (bicyclic) bond motifs is 3. The van der Waals surface area contributed by atoms with Crippen molar-refractivity contribution in [2.45, 2.75) is 45.7 Å². The maximum Gasteiger partial charge on any atom is 0.262 e. The molecule has 1 aliphatic rings. The lowest BCUT2D eigenvalue weighted by Crippen LogP contribution is -2.26. The smallest absolute Gasteiger partial charge is 0.262 e. The predicted molar refractivity (Wildman–Crippen MR) is 114 cm³/mol. The van der Waals surface area contributed by atoms with E-state index >= 15 is 0 Å². The summed E-state index contributed by atoms with van der Waals surface area (Å²) >= 11 is 0. The summed E-state index contributed by atoms with van der Waals surface area (Å²) in [4.78, 5) is 15.5. The molecule has 0 spiro atoms. The Morgan fingerprint density at radius 2 is 2.25 bits per heavy atom. The average Bonchev–Trinajstić information content (AvgIpc) is 3.30. The van der Waals surface area contributed by atoms with E-state index in [2.05, 4.69) is 46.3 Å². The van der Waals surface area contributed by atoms with Crippen LogP contribution in [0.3, 0.4) is 0 Å². The quantitative estimate of drug-likeness (QED) is 0.690. The first-order valence-corrected chi connectivity index (χ1v) is 10.2. The minimum atomic E-state index is -0.0477. The van der Waals surface area contributed by atoms with Gasteiger partial charge in [0.25, 0.3) is 5.56 Å². The van der Waals surface area contributed by atoms with E-state index in [0.29, 0.717) is 35.6 Å². The summed E-state index contributed by atoms with van der Waals surface area (Å²) in [5.41, 5.74) is 3.35. The van der Waals surface area contributed by atoms with Crippen LogP contribution in [0.2, 0.25) is 0 Å². The third-order valence-electron chi connectivity index (χ3n) is 5.89. The number of pyridine rings is 1. The number of nitrogens with zero attached hydrogens (tertiary/aromatic N) is 3. The monoisotopic (exact) mass is 380 g/mol. The molecule has 1 aromatic carbocycles. The molecule has 1 fully saturated rings. The molecule has 2 aromatic heterocycles. The van der Waals surface area contributed by atoms with Gasteiger partial charge >= 0.3 is 0 Å². The van der Waals surface area contributed by atoms with Crippen LogP contribution >= 0.6 is 0 Å². The second kappa shape index (κ2) is 7.89. The molecule has 0 saturated carbocycles. The Morgan fingerprint density at radius 1 is 1.39 bits per heavy atom. The Labute approximate surface area is 164 Å². The molecule has 0 radical (unpaired) electrons. The van der Waals surface area contributed by atoms with E-state index in [-0.39, 0.29) is 12.2 Å². The third kappa shape index (κ3) is 3.27. The van der Waals surface area contributed by atoms with Crippen LogP contribution in [0.15, 0.2) is 29.1 Å². The van der Waals surface area contributed by atoms with Crippen LogP contribution in [0.4, 0.5) is 0 Å². The molecule has 0 aliphatic carbocycles. The molecule has 28 heavy (non-hydrogen) atoms. The van der Waals surface area contributed by atoms with Gasteiger partial charge in [-0.25, -0.2) is 0 Å². The lowest BCUT2D eigenvalue weighted by Gasteiger charge is -2.18. The molecule has 1 saturated heterocycles. The molecule has 1 atom stereocenters. The highest BCUT2D eigenvalue weighted by Gasteiger charge is 2.18. The van der Waals surface area contributed by atoms with Crippen molar-refractivity contribution in [2.24, 2.45) is 0 Å². The molecule has 0 amide bonds. The normalized spacial score (nSPS) is 18.2. The zero-order chi connectivity index (χ0) is 19.7. The standard InChI is InChI=1S/C22H28N4O2/c1-3-26-19-9-8-16(7-5-12-25-11-4-6-15(25)2)14-17(19)21-20(22(26)28)18(10-13-27)23-24-21/h5,7-9,14-15,27H,3-4,6,10-13H2,1-2H3,(H,23,24)/b7-5+/t15-/m0/s1. The van der Waals surface area contributed by atoms with Crippen LogP contribution in [0.5, 0.6) is 0 Å². The van der Waals surface area contributed by atoms with E-state index in [9.17, 15) is 9.90 Å². The Hall–Kier alpha value is -2.44. The van der Waals surface area contributed by atoms with Crippen molar-refractivity contribution in [1.29, 1.82) is 0 Å². The molecule has 1 aliphatic heterocycles. The highest BCUT2D eigenvalue weighted by Crippen LogP contribution is 2.25. The predicted octanol–water partition coefficient (Wildman–Crippen LogP) is 2.93. The van der Waals surface area contributed by atoms with Gasteiger partial charge in [-0.1, -0.05) is 18.2 Å². The van der Waals surface area contributed by atoms with Gasteiger partial charge in [-0.2, -0.15) is 5.10 Å². The fourth-order valence-corrected chi connectivity index (χ4v) is 4.32. The number of rotatable bonds is 6. The van der Waals surface area contributed by atoms with Crippen LogP contribution in [0, 0.1) is 0 Å². The number of benzene rings is 1. The number of likely N-dealkylation sites (tertiary alicyclic amines) is 1. The van der Waals surface area contributed by atoms with Crippen LogP contribution in [0.1, 0.15) is 37.9 Å². The fourth-order valence-electron chi connectivity index (χ4n) is 4.32. The number of H-pyrrole nitrogens is 1. The van der Waals surface area contributed by atoms with E-state index in [1.165, 1.54) is 19.4 Å². The zero-order valence-electron chi connectivity index (χ0n) is 16.6. The second-order valence-electron chi connectivity index (χ2n) is 7.61. The second-order valence-corrected chi connectivity index (χ2v) is 7.61. The van der Waals surface area contributed by atoms with Crippen molar-refractivity contribution in [1.82, 2.24) is 19.7 Å². The summed E-state index contributed by atoms with van der Waals surface area (Å²) in [5.74, 6) is 0. The third-order valence-corrected chi connectivity index (χ3v) is 5.89. The van der Waals surface area contributed by atoms with Crippen molar-refractivity contribution in [3.8, 4) is 0 Å². The Bertz CT molecular complexity index is 1080. The van der Waals surface area contributed by atoms with Gasteiger partial charge in [0.1, 0.15) is 5.52 Å². The number of hydrogen-bond donors (Lipinski definition) is 2. The number of hydrogen-bond acceptors (Lipinski definition) is 4. The zero-order valence-corrected chi connectivity index (χ0v) is 16.6. The van der Waals surface area contributed by atoms with E-state index in [1.54, 1.807) is 4.57 Å². The minimum Gasteiger partial charge on any atom is -0.396 e. The molecule has 6 nitrogen and oxygen atoms in total. The van der Waals surface area contributed by atoms with Gasteiger partial charge in [-0.15, -0.1) is 0 Å². The molecule has 4 rings (SSSR count). The summed E-state index contributed by atoms with van der Waals surface area (Å²) in [7, 11) is 0. The summed E-state index contributed by atoms with van der Waals surface area (Å²) < 4.78 is 1.79. The van der Waals surface area contributed by atoms with Gasteiger partial charge < -0.3 is 9.67 Å². The molecule has 2 N–H and O–H groups in total. The first kappa shape index (κ1) is 18.9. The molecular weight excluding hydrogens is 352 g/mol. The van der Waals surface area contributed by atoms with E-state index in [1.807, 2.05) is 13.0 Å².